The van der Waals surface area contributed by atoms with Crippen LogP contribution in [-0.2, 0) is 14.6 Å². The van der Waals surface area contributed by atoms with Crippen molar-refractivity contribution >= 4 is 16.2 Å². The third-order valence-corrected chi connectivity index (χ3v) is 5.85. The fraction of sp³-hybridized carbons (Fsp3) is 0.235. The number of carbonyl (C=O) groups excluding carboxylic acids is 1. The van der Waals surface area contributed by atoms with Gasteiger partial charge in [0.25, 0.3) is 0 Å². The van der Waals surface area contributed by atoms with Gasteiger partial charge in [0, 0.05) is 0 Å². The largest absolute Gasteiger partial charge is 0.454 e. The van der Waals surface area contributed by atoms with Gasteiger partial charge in [-0.3, -0.25) is 10.0 Å². The molecule has 132 valence electrons. The highest BCUT2D eigenvalue weighted by Gasteiger charge is 2.22. The van der Waals surface area contributed by atoms with Crippen molar-refractivity contribution in [1.82, 2.24) is 5.06 Å². The second-order valence-electron chi connectivity index (χ2n) is 5.71. The molecule has 2 aromatic rings. The molecule has 0 bridgehead atoms. The Labute approximate surface area is 145 Å². The van der Waals surface area contributed by atoms with Gasteiger partial charge in [-0.25, -0.2) is 13.5 Å². The van der Waals surface area contributed by atoms with E-state index in [2.05, 4.69) is 0 Å². The van der Waals surface area contributed by atoms with Crippen LogP contribution in [-0.4, -0.2) is 43.7 Å². The minimum atomic E-state index is -3.63. The third kappa shape index (κ3) is 3.59. The van der Waals surface area contributed by atoms with Gasteiger partial charge in [0.2, 0.25) is 13.2 Å². The molecule has 0 saturated carbocycles. The lowest BCUT2D eigenvalue weighted by molar-refractivity contribution is -0.156. The molecule has 1 unspecified atom stereocenters. The second-order valence-corrected chi connectivity index (χ2v) is 7.74. The van der Waals surface area contributed by atoms with Crippen molar-refractivity contribution in [2.75, 3.05) is 12.5 Å². The molecule has 1 heterocycles. The molecule has 1 N–H and O–H groups in total. The van der Waals surface area contributed by atoms with Crippen molar-refractivity contribution in [2.45, 2.75) is 17.9 Å². The van der Waals surface area contributed by atoms with Crippen molar-refractivity contribution in [2.24, 2.45) is 0 Å². The van der Waals surface area contributed by atoms with Crippen LogP contribution < -0.4 is 9.47 Å². The first-order chi connectivity index (χ1) is 11.9. The predicted octanol–water partition coefficient (Wildman–Crippen LogP) is 2.09. The van der Waals surface area contributed by atoms with Gasteiger partial charge >= 0.3 is 0 Å². The summed E-state index contributed by atoms with van der Waals surface area (Å²) >= 11 is 0. The van der Waals surface area contributed by atoms with Crippen LogP contribution in [0.5, 0.6) is 11.5 Å². The monoisotopic (exact) mass is 363 g/mol. The molecule has 0 aliphatic carbocycles. The van der Waals surface area contributed by atoms with Crippen LogP contribution in [0, 0.1) is 0 Å². The van der Waals surface area contributed by atoms with Gasteiger partial charge in [-0.2, -0.15) is 0 Å². The van der Waals surface area contributed by atoms with E-state index in [9.17, 15) is 18.4 Å². The quantitative estimate of drug-likeness (QED) is 0.480. The van der Waals surface area contributed by atoms with Gasteiger partial charge in [-0.1, -0.05) is 18.2 Å². The smallest absolute Gasteiger partial charge is 0.233 e. The maximum atomic E-state index is 12.4. The molecule has 1 aliphatic rings. The van der Waals surface area contributed by atoms with E-state index in [1.807, 2.05) is 12.1 Å². The standard InChI is InChI=1S/C17H17NO6S/c1-12(18(20)10-19)9-25(21,22)15-5-2-13(3-6-15)14-4-7-16-17(8-14)24-11-23-16/h2-8,10,12,20H,9,11H2,1H3. The Morgan fingerprint density at radius 3 is 2.44 bits per heavy atom. The number of sulfone groups is 1. The highest BCUT2D eigenvalue weighted by molar-refractivity contribution is 7.91. The average molecular weight is 363 g/mol. The van der Waals surface area contributed by atoms with E-state index in [1.54, 1.807) is 18.2 Å². The number of hydrogen-bond acceptors (Lipinski definition) is 6. The topological polar surface area (TPSA) is 93.1 Å². The van der Waals surface area contributed by atoms with E-state index in [0.717, 1.165) is 11.1 Å². The SMILES string of the molecule is CC(CS(=O)(=O)c1ccc(-c2ccc3c(c2)OCO3)cc1)N(O)C=O. The molecule has 0 radical (unpaired) electrons. The van der Waals surface area contributed by atoms with Gasteiger partial charge in [-0.05, 0) is 42.3 Å². The summed E-state index contributed by atoms with van der Waals surface area (Å²) in [4.78, 5) is 10.6. The number of ether oxygens (including phenoxy) is 2. The molecular weight excluding hydrogens is 346 g/mol. The van der Waals surface area contributed by atoms with Crippen molar-refractivity contribution < 1.29 is 27.9 Å². The molecule has 3 rings (SSSR count). The van der Waals surface area contributed by atoms with Crippen LogP contribution in [0.3, 0.4) is 0 Å². The molecule has 7 nitrogen and oxygen atoms in total. The molecule has 1 aliphatic heterocycles. The van der Waals surface area contributed by atoms with Crippen molar-refractivity contribution in [3.8, 4) is 22.6 Å². The Kier molecular flexibility index (Phi) is 4.65. The number of rotatable bonds is 6. The van der Waals surface area contributed by atoms with Crippen LogP contribution in [0.1, 0.15) is 6.92 Å². The predicted molar refractivity (Wildman–Crippen MR) is 89.2 cm³/mol. The molecule has 2 aromatic carbocycles. The molecule has 1 atom stereocenters. The number of amides is 1. The van der Waals surface area contributed by atoms with E-state index in [4.69, 9.17) is 9.47 Å². The molecule has 1 amide bonds. The number of carbonyl (C=O) groups is 1. The summed E-state index contributed by atoms with van der Waals surface area (Å²) in [7, 11) is -3.63. The zero-order valence-corrected chi connectivity index (χ0v) is 14.3. The van der Waals surface area contributed by atoms with Crippen LogP contribution in [0.25, 0.3) is 11.1 Å². The second kappa shape index (κ2) is 6.73. The maximum Gasteiger partial charge on any atom is 0.233 e. The van der Waals surface area contributed by atoms with Crippen LogP contribution in [0.15, 0.2) is 47.4 Å². The highest BCUT2D eigenvalue weighted by atomic mass is 32.2. The third-order valence-electron chi connectivity index (χ3n) is 3.94. The first-order valence-electron chi connectivity index (χ1n) is 7.56. The summed E-state index contributed by atoms with van der Waals surface area (Å²) in [5.41, 5.74) is 1.71. The summed E-state index contributed by atoms with van der Waals surface area (Å²) in [6, 6.07) is 11.1. The van der Waals surface area contributed by atoms with E-state index in [0.29, 0.717) is 16.6 Å². The lowest BCUT2D eigenvalue weighted by Gasteiger charge is -2.17. The Morgan fingerprint density at radius 2 is 1.76 bits per heavy atom. The van der Waals surface area contributed by atoms with Crippen LogP contribution in [0.2, 0.25) is 0 Å². The van der Waals surface area contributed by atoms with E-state index in [1.165, 1.54) is 19.1 Å². The highest BCUT2D eigenvalue weighted by Crippen LogP contribution is 2.36. The van der Waals surface area contributed by atoms with Gasteiger partial charge in [0.05, 0.1) is 16.7 Å². The number of fused-ring (bicyclic) bond motifs is 1. The Hall–Kier alpha value is -2.58. The summed E-state index contributed by atoms with van der Waals surface area (Å²) in [5.74, 6) is 0.964. The first-order valence-corrected chi connectivity index (χ1v) is 9.21. The zero-order valence-electron chi connectivity index (χ0n) is 13.5. The average Bonchev–Trinajstić information content (AvgIpc) is 3.08. The molecule has 0 saturated heterocycles. The Bertz CT molecular complexity index is 879. The maximum absolute atomic E-state index is 12.4. The lowest BCUT2D eigenvalue weighted by atomic mass is 10.1. The van der Waals surface area contributed by atoms with Crippen molar-refractivity contribution in [1.29, 1.82) is 0 Å². The molecular formula is C17H17NO6S. The Morgan fingerprint density at radius 1 is 1.12 bits per heavy atom. The molecule has 0 aromatic heterocycles. The number of nitrogens with zero attached hydrogens (tertiary/aromatic N) is 1. The minimum absolute atomic E-state index is 0.128. The minimum Gasteiger partial charge on any atom is -0.454 e. The molecule has 0 fully saturated rings. The first kappa shape index (κ1) is 17.2. The molecule has 8 heteroatoms. The normalized spacial score (nSPS) is 14.2. The lowest BCUT2D eigenvalue weighted by Crippen LogP contribution is -2.34. The van der Waals surface area contributed by atoms with Crippen molar-refractivity contribution in [3.05, 3.63) is 42.5 Å². The Balaban J connectivity index is 1.81. The molecule has 0 spiro atoms. The summed E-state index contributed by atoms with van der Waals surface area (Å²) in [6.45, 7) is 1.64. The number of benzene rings is 2. The number of hydroxylamine groups is 2. The van der Waals surface area contributed by atoms with E-state index >= 15 is 0 Å². The van der Waals surface area contributed by atoms with E-state index < -0.39 is 15.9 Å². The number of hydrogen-bond donors (Lipinski definition) is 1. The van der Waals surface area contributed by atoms with Crippen LogP contribution in [0.4, 0.5) is 0 Å². The fourth-order valence-corrected chi connectivity index (χ4v) is 4.06. The van der Waals surface area contributed by atoms with Gasteiger partial charge < -0.3 is 9.47 Å². The summed E-state index contributed by atoms with van der Waals surface area (Å²) in [5, 5.41) is 9.63. The van der Waals surface area contributed by atoms with E-state index in [-0.39, 0.29) is 23.9 Å². The van der Waals surface area contributed by atoms with Gasteiger partial charge in [-0.15, -0.1) is 0 Å². The van der Waals surface area contributed by atoms with Gasteiger partial charge in [0.1, 0.15) is 0 Å². The molecule has 25 heavy (non-hydrogen) atoms. The van der Waals surface area contributed by atoms with Crippen LogP contribution >= 0.6 is 0 Å². The fourth-order valence-electron chi connectivity index (χ4n) is 2.52. The van der Waals surface area contributed by atoms with Crippen molar-refractivity contribution in [3.63, 3.8) is 0 Å². The summed E-state index contributed by atoms with van der Waals surface area (Å²) in [6.07, 6.45) is 0.183. The summed E-state index contributed by atoms with van der Waals surface area (Å²) < 4.78 is 35.4. The zero-order chi connectivity index (χ0) is 18.0. The van der Waals surface area contributed by atoms with Gasteiger partial charge in [0.15, 0.2) is 21.3 Å².